The third-order valence-corrected chi connectivity index (χ3v) is 6.13. The van der Waals surface area contributed by atoms with E-state index < -0.39 is 26.9 Å². The van der Waals surface area contributed by atoms with Crippen molar-refractivity contribution in [1.82, 2.24) is 0 Å². The van der Waals surface area contributed by atoms with Gasteiger partial charge in [-0.25, -0.2) is 17.2 Å². The first-order valence-electron chi connectivity index (χ1n) is 7.82. The van der Waals surface area contributed by atoms with Gasteiger partial charge in [-0.2, -0.15) is 0 Å². The molecule has 3 nitrogen and oxygen atoms in total. The zero-order chi connectivity index (χ0) is 17.5. The maximum absolute atomic E-state index is 14.3. The number of hydrogen-bond acceptors (Lipinski definition) is 2. The van der Waals surface area contributed by atoms with Crippen LogP contribution in [0.25, 0.3) is 0 Å². The molecule has 0 aliphatic heterocycles. The average Bonchev–Trinajstić information content (AvgIpc) is 3.34. The first kappa shape index (κ1) is 16.9. The van der Waals surface area contributed by atoms with Crippen LogP contribution in [0.4, 0.5) is 14.5 Å². The van der Waals surface area contributed by atoms with Gasteiger partial charge in [0.25, 0.3) is 0 Å². The Morgan fingerprint density at radius 1 is 1.12 bits per heavy atom. The predicted octanol–water partition coefficient (Wildman–Crippen LogP) is 4.08. The molecular formula is C18H19F2NO2S. The average molecular weight is 351 g/mol. The molecule has 24 heavy (non-hydrogen) atoms. The molecule has 2 aromatic rings. The van der Waals surface area contributed by atoms with Gasteiger partial charge in [-0.1, -0.05) is 23.8 Å². The first-order valence-corrected chi connectivity index (χ1v) is 9.37. The second kappa shape index (κ2) is 6.16. The lowest BCUT2D eigenvalue weighted by Crippen LogP contribution is -2.19. The van der Waals surface area contributed by atoms with E-state index in [0.717, 1.165) is 22.8 Å². The van der Waals surface area contributed by atoms with Gasteiger partial charge in [0.1, 0.15) is 0 Å². The summed E-state index contributed by atoms with van der Waals surface area (Å²) >= 11 is 0. The molecule has 1 N–H and O–H groups in total. The minimum Gasteiger partial charge on any atom is -0.283 e. The summed E-state index contributed by atoms with van der Waals surface area (Å²) in [7, 11) is -3.54. The molecule has 3 rings (SSSR count). The Bertz CT molecular complexity index is 890. The maximum Gasteiger partial charge on any atom is 0.235 e. The van der Waals surface area contributed by atoms with Crippen LogP contribution in [0.2, 0.25) is 0 Å². The molecule has 0 atom stereocenters. The van der Waals surface area contributed by atoms with Crippen LogP contribution in [0.3, 0.4) is 0 Å². The summed E-state index contributed by atoms with van der Waals surface area (Å²) in [5.74, 6) is -1.99. The van der Waals surface area contributed by atoms with Crippen LogP contribution in [-0.4, -0.2) is 13.7 Å². The molecule has 0 bridgehead atoms. The van der Waals surface area contributed by atoms with Crippen LogP contribution in [0.5, 0.6) is 0 Å². The van der Waals surface area contributed by atoms with Gasteiger partial charge in [-0.3, -0.25) is 4.72 Å². The van der Waals surface area contributed by atoms with Gasteiger partial charge in [0.05, 0.1) is 10.9 Å². The molecule has 0 aromatic heterocycles. The number of sulfonamides is 1. The van der Waals surface area contributed by atoms with Crippen molar-refractivity contribution in [2.45, 2.75) is 38.4 Å². The van der Waals surface area contributed by atoms with Gasteiger partial charge in [0.2, 0.25) is 10.0 Å². The van der Waals surface area contributed by atoms with E-state index in [1.165, 1.54) is 6.07 Å². The molecule has 0 unspecified atom stereocenters. The quantitative estimate of drug-likeness (QED) is 0.882. The monoisotopic (exact) mass is 351 g/mol. The van der Waals surface area contributed by atoms with Gasteiger partial charge >= 0.3 is 0 Å². The Morgan fingerprint density at radius 2 is 1.83 bits per heavy atom. The number of hydrogen-bond donors (Lipinski definition) is 1. The standard InChI is InChI=1S/C18H19F2NO2S/c1-11-3-4-13(12(2)9-11)10-15-17(8-7-16(19)18(15)20)21-24(22,23)14-5-6-14/h3-4,7-9,14,21H,5-6,10H2,1-2H3. The summed E-state index contributed by atoms with van der Waals surface area (Å²) < 4.78 is 54.7. The maximum atomic E-state index is 14.3. The molecule has 1 saturated carbocycles. The van der Waals surface area contributed by atoms with Gasteiger partial charge in [0.15, 0.2) is 11.6 Å². The third kappa shape index (κ3) is 3.43. The van der Waals surface area contributed by atoms with Gasteiger partial charge in [-0.15, -0.1) is 0 Å². The number of anilines is 1. The largest absolute Gasteiger partial charge is 0.283 e. The Morgan fingerprint density at radius 3 is 2.46 bits per heavy atom. The lowest BCUT2D eigenvalue weighted by molar-refractivity contribution is 0.501. The molecule has 128 valence electrons. The van der Waals surface area contributed by atoms with Crippen molar-refractivity contribution in [3.05, 3.63) is 64.2 Å². The van der Waals surface area contributed by atoms with Crippen LogP contribution in [-0.2, 0) is 16.4 Å². The molecule has 0 heterocycles. The van der Waals surface area contributed by atoms with E-state index >= 15 is 0 Å². The topological polar surface area (TPSA) is 46.2 Å². The predicted molar refractivity (Wildman–Crippen MR) is 90.6 cm³/mol. The van der Waals surface area contributed by atoms with Crippen molar-refractivity contribution in [3.63, 3.8) is 0 Å². The zero-order valence-electron chi connectivity index (χ0n) is 13.6. The molecule has 0 saturated heterocycles. The van der Waals surface area contributed by atoms with Gasteiger partial charge in [0, 0.05) is 12.0 Å². The van der Waals surface area contributed by atoms with Gasteiger partial charge in [-0.05, 0) is 49.9 Å². The van der Waals surface area contributed by atoms with E-state index in [-0.39, 0.29) is 17.7 Å². The lowest BCUT2D eigenvalue weighted by Gasteiger charge is -2.15. The molecule has 0 amide bonds. The third-order valence-electron chi connectivity index (χ3n) is 4.28. The van der Waals surface area contributed by atoms with Crippen LogP contribution in [0.15, 0.2) is 30.3 Å². The van der Waals surface area contributed by atoms with Crippen LogP contribution < -0.4 is 4.72 Å². The molecule has 6 heteroatoms. The van der Waals surface area contributed by atoms with E-state index in [4.69, 9.17) is 0 Å². The molecule has 1 aliphatic carbocycles. The van der Waals surface area contributed by atoms with Crippen molar-refractivity contribution in [3.8, 4) is 0 Å². The zero-order valence-corrected chi connectivity index (χ0v) is 14.4. The summed E-state index contributed by atoms with van der Waals surface area (Å²) in [4.78, 5) is 0. The Kier molecular flexibility index (Phi) is 4.34. The van der Waals surface area contributed by atoms with Gasteiger partial charge < -0.3 is 0 Å². The van der Waals surface area contributed by atoms with Crippen LogP contribution in [0, 0.1) is 25.5 Å². The fraction of sp³-hybridized carbons (Fsp3) is 0.333. The number of rotatable bonds is 5. The van der Waals surface area contributed by atoms with Crippen molar-refractivity contribution in [2.75, 3.05) is 4.72 Å². The number of nitrogens with one attached hydrogen (secondary N) is 1. The van der Waals surface area contributed by atoms with Crippen molar-refractivity contribution >= 4 is 15.7 Å². The first-order chi connectivity index (χ1) is 11.3. The number of halogens is 2. The lowest BCUT2D eigenvalue weighted by atomic mass is 9.97. The van der Waals surface area contributed by atoms with E-state index in [1.54, 1.807) is 0 Å². The number of benzene rings is 2. The van der Waals surface area contributed by atoms with Crippen LogP contribution >= 0.6 is 0 Å². The highest BCUT2D eigenvalue weighted by molar-refractivity contribution is 7.93. The highest BCUT2D eigenvalue weighted by atomic mass is 32.2. The summed E-state index contributed by atoms with van der Waals surface area (Å²) in [5, 5.41) is -0.431. The Balaban J connectivity index is 2.00. The van der Waals surface area contributed by atoms with Crippen LogP contribution in [0.1, 0.15) is 35.1 Å². The Hall–Kier alpha value is -1.95. The molecular weight excluding hydrogens is 332 g/mol. The highest BCUT2D eigenvalue weighted by Gasteiger charge is 2.36. The highest BCUT2D eigenvalue weighted by Crippen LogP contribution is 2.32. The molecule has 0 spiro atoms. The minimum absolute atomic E-state index is 0.0335. The van der Waals surface area contributed by atoms with E-state index in [1.807, 2.05) is 32.0 Å². The van der Waals surface area contributed by atoms with Crippen molar-refractivity contribution < 1.29 is 17.2 Å². The fourth-order valence-electron chi connectivity index (χ4n) is 2.71. The Labute approximate surface area is 140 Å². The summed E-state index contributed by atoms with van der Waals surface area (Å²) in [6.45, 7) is 3.85. The molecule has 1 fully saturated rings. The number of aryl methyl sites for hydroxylation is 2. The molecule has 1 aliphatic rings. The summed E-state index contributed by atoms with van der Waals surface area (Å²) in [5.41, 5.74) is 3.00. The second-order valence-corrected chi connectivity index (χ2v) is 8.30. The smallest absolute Gasteiger partial charge is 0.235 e. The van der Waals surface area contributed by atoms with Crippen molar-refractivity contribution in [2.24, 2.45) is 0 Å². The summed E-state index contributed by atoms with van der Waals surface area (Å²) in [6, 6.07) is 7.95. The van der Waals surface area contributed by atoms with Crippen molar-refractivity contribution in [1.29, 1.82) is 0 Å². The van der Waals surface area contributed by atoms with E-state index in [0.29, 0.717) is 12.8 Å². The second-order valence-electron chi connectivity index (χ2n) is 6.34. The molecule has 2 aromatic carbocycles. The minimum atomic E-state index is -3.54. The molecule has 0 radical (unpaired) electrons. The summed E-state index contributed by atoms with van der Waals surface area (Å²) in [6.07, 6.45) is 1.33. The SMILES string of the molecule is Cc1ccc(Cc2c(NS(=O)(=O)C3CC3)ccc(F)c2F)c(C)c1. The van der Waals surface area contributed by atoms with E-state index in [2.05, 4.69) is 4.72 Å². The van der Waals surface area contributed by atoms with E-state index in [9.17, 15) is 17.2 Å². The normalized spacial score (nSPS) is 14.7. The fourth-order valence-corrected chi connectivity index (χ4v) is 4.13.